The van der Waals surface area contributed by atoms with Crippen molar-refractivity contribution in [2.24, 2.45) is 0 Å². The molecule has 3 aromatic rings. The van der Waals surface area contributed by atoms with E-state index in [0.717, 1.165) is 36.3 Å². The van der Waals surface area contributed by atoms with Crippen molar-refractivity contribution >= 4 is 0 Å². The number of aliphatic hydroxyl groups is 1. The van der Waals surface area contributed by atoms with Crippen LogP contribution in [-0.2, 0) is 12.1 Å². The summed E-state index contributed by atoms with van der Waals surface area (Å²) in [6.07, 6.45) is 4.89. The van der Waals surface area contributed by atoms with Crippen molar-refractivity contribution < 1.29 is 13.9 Å². The molecule has 2 heterocycles. The molecule has 0 saturated carbocycles. The first-order valence-corrected chi connectivity index (χ1v) is 9.52. The Bertz CT molecular complexity index is 934. The predicted octanol–water partition coefficient (Wildman–Crippen LogP) is 3.81. The molecule has 4 nitrogen and oxygen atoms in total. The lowest BCUT2D eigenvalue weighted by molar-refractivity contribution is -0.0268. The van der Waals surface area contributed by atoms with Crippen LogP contribution in [0.1, 0.15) is 18.4 Å². The lowest BCUT2D eigenvalue weighted by atomic mass is 9.84. The van der Waals surface area contributed by atoms with Crippen molar-refractivity contribution in [3.8, 4) is 11.1 Å². The van der Waals surface area contributed by atoms with Gasteiger partial charge in [-0.15, -0.1) is 0 Å². The molecular weight excluding hydrogens is 360 g/mol. The van der Waals surface area contributed by atoms with Gasteiger partial charge in [-0.2, -0.15) is 5.10 Å². The van der Waals surface area contributed by atoms with Crippen molar-refractivity contribution in [2.75, 3.05) is 19.6 Å². The van der Waals surface area contributed by atoms with Crippen LogP contribution in [-0.4, -0.2) is 39.4 Å². The van der Waals surface area contributed by atoms with Gasteiger partial charge in [0.1, 0.15) is 0 Å². The molecule has 0 amide bonds. The van der Waals surface area contributed by atoms with Crippen LogP contribution in [0, 0.1) is 11.6 Å². The van der Waals surface area contributed by atoms with E-state index in [1.54, 1.807) is 0 Å². The Kier molecular flexibility index (Phi) is 5.24. The molecule has 1 aromatic heterocycles. The van der Waals surface area contributed by atoms with E-state index in [4.69, 9.17) is 0 Å². The molecule has 1 fully saturated rings. The molecule has 0 spiro atoms. The molecule has 6 heteroatoms. The zero-order valence-electron chi connectivity index (χ0n) is 15.6. The molecular formula is C22H23F2N3O. The molecule has 146 valence electrons. The second-order valence-corrected chi connectivity index (χ2v) is 7.36. The van der Waals surface area contributed by atoms with Gasteiger partial charge in [-0.3, -0.25) is 4.68 Å². The monoisotopic (exact) mass is 383 g/mol. The minimum Gasteiger partial charge on any atom is -0.385 e. The van der Waals surface area contributed by atoms with Crippen LogP contribution in [0.5, 0.6) is 0 Å². The highest BCUT2D eigenvalue weighted by Gasteiger charge is 2.34. The quantitative estimate of drug-likeness (QED) is 0.728. The second-order valence-electron chi connectivity index (χ2n) is 7.36. The molecule has 4 rings (SSSR count). The summed E-state index contributed by atoms with van der Waals surface area (Å²) in [4.78, 5) is 2.26. The molecule has 28 heavy (non-hydrogen) atoms. The zero-order chi connectivity index (χ0) is 19.6. The highest BCUT2D eigenvalue weighted by Crippen LogP contribution is 2.33. The predicted molar refractivity (Wildman–Crippen MR) is 104 cm³/mol. The highest BCUT2D eigenvalue weighted by molar-refractivity contribution is 5.61. The summed E-state index contributed by atoms with van der Waals surface area (Å²) >= 11 is 0. The van der Waals surface area contributed by atoms with Crippen LogP contribution >= 0.6 is 0 Å². The number of hydrogen-bond acceptors (Lipinski definition) is 3. The molecule has 1 aliphatic rings. The van der Waals surface area contributed by atoms with Gasteiger partial charge in [-0.1, -0.05) is 36.4 Å². The van der Waals surface area contributed by atoms with Gasteiger partial charge in [0.2, 0.25) is 0 Å². The second kappa shape index (κ2) is 7.81. The summed E-state index contributed by atoms with van der Waals surface area (Å²) in [6, 6.07) is 13.8. The molecule has 0 aliphatic carbocycles. The van der Waals surface area contributed by atoms with Crippen LogP contribution in [0.25, 0.3) is 11.1 Å². The van der Waals surface area contributed by atoms with E-state index < -0.39 is 17.2 Å². The summed E-state index contributed by atoms with van der Waals surface area (Å²) in [5.41, 5.74) is 1.58. The topological polar surface area (TPSA) is 41.3 Å². The first-order chi connectivity index (χ1) is 13.5. The number of halogens is 2. The average Bonchev–Trinajstić information content (AvgIpc) is 3.19. The molecule has 1 aliphatic heterocycles. The van der Waals surface area contributed by atoms with Crippen LogP contribution in [0.2, 0.25) is 0 Å². The summed E-state index contributed by atoms with van der Waals surface area (Å²) in [7, 11) is 0. The molecule has 1 N–H and O–H groups in total. The summed E-state index contributed by atoms with van der Waals surface area (Å²) < 4.78 is 28.6. The van der Waals surface area contributed by atoms with E-state index in [1.165, 1.54) is 6.07 Å². The van der Waals surface area contributed by atoms with Crippen molar-refractivity contribution in [1.82, 2.24) is 14.7 Å². The molecule has 0 bridgehead atoms. The average molecular weight is 383 g/mol. The molecule has 0 unspecified atom stereocenters. The SMILES string of the molecule is OC1(c2ccc(F)c(F)c2)CCN(CCn2cc(-c3ccccc3)cn2)CC1. The van der Waals surface area contributed by atoms with Crippen molar-refractivity contribution in [3.05, 3.63) is 78.1 Å². The smallest absolute Gasteiger partial charge is 0.159 e. The van der Waals surface area contributed by atoms with Crippen LogP contribution in [0.15, 0.2) is 60.9 Å². The summed E-state index contributed by atoms with van der Waals surface area (Å²) in [6.45, 7) is 2.98. The van der Waals surface area contributed by atoms with Gasteiger partial charge >= 0.3 is 0 Å². The third kappa shape index (κ3) is 3.98. The zero-order valence-corrected chi connectivity index (χ0v) is 15.6. The fourth-order valence-corrected chi connectivity index (χ4v) is 3.73. The van der Waals surface area contributed by atoms with Crippen molar-refractivity contribution in [2.45, 2.75) is 25.0 Å². The van der Waals surface area contributed by atoms with Crippen LogP contribution in [0.4, 0.5) is 8.78 Å². The Balaban J connectivity index is 1.32. The van der Waals surface area contributed by atoms with Gasteiger partial charge in [0, 0.05) is 31.4 Å². The van der Waals surface area contributed by atoms with E-state index >= 15 is 0 Å². The number of aromatic nitrogens is 2. The Morgan fingerprint density at radius 3 is 2.39 bits per heavy atom. The number of nitrogens with zero attached hydrogens (tertiary/aromatic N) is 3. The highest BCUT2D eigenvalue weighted by atomic mass is 19.2. The van der Waals surface area contributed by atoms with E-state index in [1.807, 2.05) is 35.3 Å². The maximum Gasteiger partial charge on any atom is 0.159 e. The minimum absolute atomic E-state index is 0.450. The number of rotatable bonds is 5. The van der Waals surface area contributed by atoms with Crippen LogP contribution in [0.3, 0.4) is 0 Å². The van der Waals surface area contributed by atoms with E-state index in [0.29, 0.717) is 31.5 Å². The largest absolute Gasteiger partial charge is 0.385 e. The van der Waals surface area contributed by atoms with Gasteiger partial charge in [-0.05, 0) is 36.1 Å². The number of piperidine rings is 1. The van der Waals surface area contributed by atoms with Gasteiger partial charge in [0.25, 0.3) is 0 Å². The van der Waals surface area contributed by atoms with E-state index in [-0.39, 0.29) is 0 Å². The molecule has 0 atom stereocenters. The maximum absolute atomic E-state index is 13.5. The minimum atomic E-state index is -1.10. The van der Waals surface area contributed by atoms with Gasteiger partial charge in [-0.25, -0.2) is 8.78 Å². The third-order valence-corrected chi connectivity index (χ3v) is 5.53. The lowest BCUT2D eigenvalue weighted by Crippen LogP contribution is -2.43. The first kappa shape index (κ1) is 18.8. The Morgan fingerprint density at radius 2 is 1.68 bits per heavy atom. The fraction of sp³-hybridized carbons (Fsp3) is 0.318. The molecule has 2 aromatic carbocycles. The Labute approximate surface area is 163 Å². The lowest BCUT2D eigenvalue weighted by Gasteiger charge is -2.38. The van der Waals surface area contributed by atoms with Gasteiger partial charge in [0.05, 0.1) is 18.3 Å². The standard InChI is InChI=1S/C22H23F2N3O/c23-20-7-6-19(14-21(20)24)22(28)8-10-26(11-9-22)12-13-27-16-18(15-25-27)17-4-2-1-3-5-17/h1-7,14-16,28H,8-13H2. The first-order valence-electron chi connectivity index (χ1n) is 9.52. The number of hydrogen-bond donors (Lipinski definition) is 1. The fourth-order valence-electron chi connectivity index (χ4n) is 3.73. The Morgan fingerprint density at radius 1 is 0.929 bits per heavy atom. The van der Waals surface area contributed by atoms with Crippen molar-refractivity contribution in [3.63, 3.8) is 0 Å². The molecule has 0 radical (unpaired) electrons. The number of likely N-dealkylation sites (tertiary alicyclic amines) is 1. The van der Waals surface area contributed by atoms with Crippen LogP contribution < -0.4 is 0 Å². The summed E-state index contributed by atoms with van der Waals surface area (Å²) in [5, 5.41) is 15.3. The van der Waals surface area contributed by atoms with E-state index in [2.05, 4.69) is 22.1 Å². The van der Waals surface area contributed by atoms with Gasteiger partial charge < -0.3 is 10.0 Å². The maximum atomic E-state index is 13.5. The normalized spacial score (nSPS) is 17.0. The van der Waals surface area contributed by atoms with Gasteiger partial charge in [0.15, 0.2) is 11.6 Å². The van der Waals surface area contributed by atoms with Crippen molar-refractivity contribution in [1.29, 1.82) is 0 Å². The third-order valence-electron chi connectivity index (χ3n) is 5.53. The number of benzene rings is 2. The Hall–Kier alpha value is -2.57. The molecule has 1 saturated heterocycles. The summed E-state index contributed by atoms with van der Waals surface area (Å²) in [5.74, 6) is -1.81. The van der Waals surface area contributed by atoms with E-state index in [9.17, 15) is 13.9 Å².